The molecule has 1 aromatic rings. The number of aryl methyl sites for hydroxylation is 2. The molecule has 0 saturated carbocycles. The van der Waals surface area contributed by atoms with Crippen molar-refractivity contribution in [1.82, 2.24) is 0 Å². The third-order valence-electron chi connectivity index (χ3n) is 3.25. The van der Waals surface area contributed by atoms with Crippen LogP contribution in [-0.4, -0.2) is 7.11 Å². The van der Waals surface area contributed by atoms with Gasteiger partial charge in [-0.1, -0.05) is 12.1 Å². The summed E-state index contributed by atoms with van der Waals surface area (Å²) in [6.45, 7) is 6.50. The Labute approximate surface area is 79.7 Å². The molecule has 0 aliphatic heterocycles. The minimum absolute atomic E-state index is 0.0224. The lowest BCUT2D eigenvalue weighted by Crippen LogP contribution is -2.39. The van der Waals surface area contributed by atoms with Crippen molar-refractivity contribution >= 4 is 0 Å². The maximum Gasteiger partial charge on any atom is 0.0945 e. The zero-order valence-corrected chi connectivity index (χ0v) is 8.77. The lowest BCUT2D eigenvalue weighted by atomic mass is 9.70. The van der Waals surface area contributed by atoms with Crippen molar-refractivity contribution in [2.24, 2.45) is 0 Å². The van der Waals surface area contributed by atoms with Crippen molar-refractivity contribution in [3.63, 3.8) is 0 Å². The lowest BCUT2D eigenvalue weighted by Gasteiger charge is -2.42. The standard InChI is InChI=1S/C12H16O/c1-8-5-6-9(2)11-10(8)7-12(11,3)13-4/h5-6H,7H2,1-4H3. The van der Waals surface area contributed by atoms with Gasteiger partial charge in [0.25, 0.3) is 0 Å². The van der Waals surface area contributed by atoms with Crippen LogP contribution < -0.4 is 0 Å². The van der Waals surface area contributed by atoms with Crippen molar-refractivity contribution in [2.45, 2.75) is 32.8 Å². The first kappa shape index (κ1) is 8.76. The van der Waals surface area contributed by atoms with Crippen LogP contribution in [0.15, 0.2) is 12.1 Å². The van der Waals surface area contributed by atoms with Crippen LogP contribution in [0.25, 0.3) is 0 Å². The molecule has 0 radical (unpaired) electrons. The topological polar surface area (TPSA) is 9.23 Å². The highest BCUT2D eigenvalue weighted by Gasteiger charge is 2.40. The summed E-state index contributed by atoms with van der Waals surface area (Å²) in [5.41, 5.74) is 5.64. The van der Waals surface area contributed by atoms with E-state index in [1.54, 1.807) is 7.11 Å². The van der Waals surface area contributed by atoms with E-state index in [2.05, 4.69) is 32.9 Å². The van der Waals surface area contributed by atoms with Crippen molar-refractivity contribution in [3.05, 3.63) is 34.4 Å². The van der Waals surface area contributed by atoms with Crippen LogP contribution >= 0.6 is 0 Å². The molecule has 0 heterocycles. The maximum atomic E-state index is 5.54. The molecular weight excluding hydrogens is 160 g/mol. The molecule has 0 amide bonds. The Kier molecular flexibility index (Phi) is 1.74. The molecule has 0 bridgehead atoms. The third kappa shape index (κ3) is 1.03. The first-order chi connectivity index (χ1) is 6.08. The van der Waals surface area contributed by atoms with Crippen LogP contribution in [0.5, 0.6) is 0 Å². The highest BCUT2D eigenvalue weighted by molar-refractivity contribution is 5.51. The summed E-state index contributed by atoms with van der Waals surface area (Å²) in [7, 11) is 1.80. The van der Waals surface area contributed by atoms with E-state index >= 15 is 0 Å². The second-order valence-corrected chi connectivity index (χ2v) is 4.16. The molecule has 0 spiro atoms. The van der Waals surface area contributed by atoms with E-state index in [0.29, 0.717) is 0 Å². The average Bonchev–Trinajstić information content (AvgIpc) is 2.08. The molecule has 70 valence electrons. The Morgan fingerprint density at radius 2 is 1.85 bits per heavy atom. The molecule has 1 aliphatic rings. The fourth-order valence-electron chi connectivity index (χ4n) is 2.33. The number of hydrogen-bond donors (Lipinski definition) is 0. The largest absolute Gasteiger partial charge is 0.373 e. The van der Waals surface area contributed by atoms with Crippen molar-refractivity contribution in [1.29, 1.82) is 0 Å². The fraction of sp³-hybridized carbons (Fsp3) is 0.500. The van der Waals surface area contributed by atoms with Gasteiger partial charge in [0.05, 0.1) is 5.60 Å². The smallest absolute Gasteiger partial charge is 0.0945 e. The van der Waals surface area contributed by atoms with Gasteiger partial charge in [0.1, 0.15) is 0 Å². The highest BCUT2D eigenvalue weighted by Crippen LogP contribution is 2.44. The Morgan fingerprint density at radius 1 is 1.23 bits per heavy atom. The minimum atomic E-state index is -0.0224. The predicted octanol–water partition coefficient (Wildman–Crippen LogP) is 2.72. The number of benzene rings is 1. The molecule has 0 saturated heterocycles. The Bertz CT molecular complexity index is 354. The van der Waals surface area contributed by atoms with E-state index in [-0.39, 0.29) is 5.60 Å². The second kappa shape index (κ2) is 2.58. The van der Waals surface area contributed by atoms with Gasteiger partial charge in [0.2, 0.25) is 0 Å². The van der Waals surface area contributed by atoms with Crippen LogP contribution in [0.3, 0.4) is 0 Å². The molecule has 1 heteroatoms. The molecule has 1 atom stereocenters. The van der Waals surface area contributed by atoms with E-state index in [1.165, 1.54) is 22.3 Å². The van der Waals surface area contributed by atoms with Crippen LogP contribution in [-0.2, 0) is 16.8 Å². The third-order valence-corrected chi connectivity index (χ3v) is 3.25. The first-order valence-electron chi connectivity index (χ1n) is 4.73. The number of hydrogen-bond acceptors (Lipinski definition) is 1. The summed E-state index contributed by atoms with van der Waals surface area (Å²) in [5, 5.41) is 0. The number of methoxy groups -OCH3 is 1. The molecule has 1 aliphatic carbocycles. The zero-order chi connectivity index (χ0) is 9.64. The highest BCUT2D eigenvalue weighted by atomic mass is 16.5. The normalized spacial score (nSPS) is 25.2. The van der Waals surface area contributed by atoms with E-state index in [1.807, 2.05) is 0 Å². The van der Waals surface area contributed by atoms with Gasteiger partial charge in [-0.3, -0.25) is 0 Å². The summed E-state index contributed by atoms with van der Waals surface area (Å²) in [4.78, 5) is 0. The molecule has 13 heavy (non-hydrogen) atoms. The quantitative estimate of drug-likeness (QED) is 0.639. The van der Waals surface area contributed by atoms with Crippen LogP contribution in [0.1, 0.15) is 29.2 Å². The summed E-state index contributed by atoms with van der Waals surface area (Å²) < 4.78 is 5.54. The molecule has 0 fully saturated rings. The van der Waals surface area contributed by atoms with Crippen molar-refractivity contribution < 1.29 is 4.74 Å². The van der Waals surface area contributed by atoms with Gasteiger partial charge in [-0.25, -0.2) is 0 Å². The first-order valence-corrected chi connectivity index (χ1v) is 4.73. The van der Waals surface area contributed by atoms with Gasteiger partial charge in [-0.2, -0.15) is 0 Å². The van der Waals surface area contributed by atoms with Crippen LogP contribution in [0.2, 0.25) is 0 Å². The SMILES string of the molecule is COC1(C)Cc2c(C)ccc(C)c21. The van der Waals surface area contributed by atoms with Gasteiger partial charge in [-0.05, 0) is 43.0 Å². The summed E-state index contributed by atoms with van der Waals surface area (Å²) in [6.07, 6.45) is 1.06. The molecule has 0 N–H and O–H groups in total. The fourth-order valence-corrected chi connectivity index (χ4v) is 2.33. The summed E-state index contributed by atoms with van der Waals surface area (Å²) >= 11 is 0. The second-order valence-electron chi connectivity index (χ2n) is 4.16. The lowest BCUT2D eigenvalue weighted by molar-refractivity contribution is -0.0191. The molecule has 1 unspecified atom stereocenters. The molecular formula is C12H16O. The van der Waals surface area contributed by atoms with Gasteiger partial charge in [0.15, 0.2) is 0 Å². The van der Waals surface area contributed by atoms with Crippen molar-refractivity contribution in [2.75, 3.05) is 7.11 Å². The van der Waals surface area contributed by atoms with Gasteiger partial charge >= 0.3 is 0 Å². The number of rotatable bonds is 1. The van der Waals surface area contributed by atoms with E-state index < -0.39 is 0 Å². The predicted molar refractivity (Wildman–Crippen MR) is 54.0 cm³/mol. The van der Waals surface area contributed by atoms with Gasteiger partial charge in [-0.15, -0.1) is 0 Å². The van der Waals surface area contributed by atoms with Crippen LogP contribution in [0, 0.1) is 13.8 Å². The van der Waals surface area contributed by atoms with E-state index in [9.17, 15) is 0 Å². The summed E-state index contributed by atoms with van der Waals surface area (Å²) in [5.74, 6) is 0. The molecule has 1 nitrogen and oxygen atoms in total. The van der Waals surface area contributed by atoms with E-state index in [4.69, 9.17) is 4.74 Å². The Balaban J connectivity index is 2.58. The van der Waals surface area contributed by atoms with Crippen LogP contribution in [0.4, 0.5) is 0 Å². The van der Waals surface area contributed by atoms with Crippen molar-refractivity contribution in [3.8, 4) is 0 Å². The van der Waals surface area contributed by atoms with E-state index in [0.717, 1.165) is 6.42 Å². The maximum absolute atomic E-state index is 5.54. The van der Waals surface area contributed by atoms with Gasteiger partial charge in [0, 0.05) is 13.5 Å². The molecule has 1 aromatic carbocycles. The zero-order valence-electron chi connectivity index (χ0n) is 8.77. The molecule has 0 aromatic heterocycles. The minimum Gasteiger partial charge on any atom is -0.373 e. The average molecular weight is 176 g/mol. The summed E-state index contributed by atoms with van der Waals surface area (Å²) in [6, 6.07) is 4.38. The monoisotopic (exact) mass is 176 g/mol. The molecule has 2 rings (SSSR count). The Hall–Kier alpha value is -0.820. The number of fused-ring (bicyclic) bond motifs is 1. The van der Waals surface area contributed by atoms with Gasteiger partial charge < -0.3 is 4.74 Å². The number of ether oxygens (including phenoxy) is 1. The Morgan fingerprint density at radius 3 is 2.46 bits per heavy atom.